The molecule has 0 spiro atoms. The summed E-state index contributed by atoms with van der Waals surface area (Å²) < 4.78 is 5.27. The Morgan fingerprint density at radius 1 is 1.20 bits per heavy atom. The van der Waals surface area contributed by atoms with Crippen molar-refractivity contribution >= 4 is 0 Å². The van der Waals surface area contributed by atoms with Gasteiger partial charge in [-0.1, -0.05) is 6.92 Å². The summed E-state index contributed by atoms with van der Waals surface area (Å²) >= 11 is 0. The maximum Gasteiger partial charge on any atom is 0.0590 e. The maximum atomic E-state index is 5.27. The maximum absolute atomic E-state index is 5.27. The minimum Gasteiger partial charge on any atom is -0.380 e. The minimum atomic E-state index is 0.825. The zero-order valence-corrected chi connectivity index (χ0v) is 10.3. The second-order valence-corrected chi connectivity index (χ2v) is 4.21. The lowest BCUT2D eigenvalue weighted by atomic mass is 10.4. The van der Waals surface area contributed by atoms with Crippen molar-refractivity contribution in [3.05, 3.63) is 0 Å². The van der Waals surface area contributed by atoms with Gasteiger partial charge in [-0.2, -0.15) is 0 Å². The molecule has 3 nitrogen and oxygen atoms in total. The molecule has 0 unspecified atom stereocenters. The van der Waals surface area contributed by atoms with Gasteiger partial charge in [0, 0.05) is 32.3 Å². The van der Waals surface area contributed by atoms with Gasteiger partial charge in [-0.3, -0.25) is 4.90 Å². The second kappa shape index (κ2) is 8.08. The van der Waals surface area contributed by atoms with E-state index in [2.05, 4.69) is 17.1 Å². The molecular formula is C12H26N2O. The van der Waals surface area contributed by atoms with Crippen LogP contribution in [-0.4, -0.2) is 50.3 Å². The summed E-state index contributed by atoms with van der Waals surface area (Å²) in [4.78, 5) is 2.62. The molecule has 90 valence electrons. The van der Waals surface area contributed by atoms with Crippen molar-refractivity contribution in [2.24, 2.45) is 0 Å². The fourth-order valence-electron chi connectivity index (χ4n) is 1.84. The second-order valence-electron chi connectivity index (χ2n) is 4.21. The molecule has 0 aromatic carbocycles. The molecular weight excluding hydrogens is 188 g/mol. The topological polar surface area (TPSA) is 24.5 Å². The van der Waals surface area contributed by atoms with E-state index in [1.165, 1.54) is 32.4 Å². The molecule has 0 saturated heterocycles. The van der Waals surface area contributed by atoms with E-state index in [4.69, 9.17) is 4.74 Å². The first-order chi connectivity index (χ1) is 7.38. The monoisotopic (exact) mass is 214 g/mol. The Morgan fingerprint density at radius 3 is 2.60 bits per heavy atom. The van der Waals surface area contributed by atoms with Gasteiger partial charge < -0.3 is 10.1 Å². The third kappa shape index (κ3) is 6.13. The van der Waals surface area contributed by atoms with Crippen LogP contribution in [-0.2, 0) is 4.74 Å². The van der Waals surface area contributed by atoms with Crippen LogP contribution in [0.4, 0.5) is 0 Å². The van der Waals surface area contributed by atoms with E-state index in [-0.39, 0.29) is 0 Å². The molecule has 0 atom stereocenters. The van der Waals surface area contributed by atoms with Crippen LogP contribution < -0.4 is 5.32 Å². The molecule has 1 aliphatic carbocycles. The molecule has 1 fully saturated rings. The number of nitrogens with zero attached hydrogens (tertiary/aromatic N) is 1. The molecule has 0 heterocycles. The third-order valence-corrected chi connectivity index (χ3v) is 2.78. The lowest BCUT2D eigenvalue weighted by Gasteiger charge is -2.21. The molecule has 1 rings (SSSR count). The van der Waals surface area contributed by atoms with Crippen molar-refractivity contribution in [1.82, 2.24) is 10.2 Å². The third-order valence-electron chi connectivity index (χ3n) is 2.78. The minimum absolute atomic E-state index is 0.825. The Hall–Kier alpha value is -0.120. The van der Waals surface area contributed by atoms with Crippen LogP contribution in [0.25, 0.3) is 0 Å². The first kappa shape index (κ1) is 12.9. The Balaban J connectivity index is 1.92. The molecule has 1 N–H and O–H groups in total. The lowest BCUT2D eigenvalue weighted by Crippen LogP contribution is -2.35. The fraction of sp³-hybridized carbons (Fsp3) is 1.00. The van der Waals surface area contributed by atoms with Crippen LogP contribution in [0.15, 0.2) is 0 Å². The number of hydrogen-bond acceptors (Lipinski definition) is 3. The van der Waals surface area contributed by atoms with Crippen molar-refractivity contribution in [1.29, 1.82) is 0 Å². The van der Waals surface area contributed by atoms with E-state index in [1.807, 2.05) is 6.92 Å². The zero-order chi connectivity index (χ0) is 10.9. The molecule has 0 aromatic rings. The Bertz CT molecular complexity index is 149. The first-order valence-electron chi connectivity index (χ1n) is 6.41. The highest BCUT2D eigenvalue weighted by atomic mass is 16.5. The Morgan fingerprint density at radius 2 is 2.00 bits per heavy atom. The SMILES string of the molecule is CCCN(CCNCCOCC)C1CC1. The predicted octanol–water partition coefficient (Wildman–Crippen LogP) is 1.49. The van der Waals surface area contributed by atoms with E-state index < -0.39 is 0 Å². The fourth-order valence-corrected chi connectivity index (χ4v) is 1.84. The van der Waals surface area contributed by atoms with Crippen molar-refractivity contribution in [2.45, 2.75) is 39.2 Å². The van der Waals surface area contributed by atoms with Gasteiger partial charge in [-0.05, 0) is 32.7 Å². The average molecular weight is 214 g/mol. The van der Waals surface area contributed by atoms with Gasteiger partial charge in [-0.25, -0.2) is 0 Å². The summed E-state index contributed by atoms with van der Waals surface area (Å²) in [5.74, 6) is 0. The van der Waals surface area contributed by atoms with Crippen LogP contribution in [0.2, 0.25) is 0 Å². The molecule has 3 heteroatoms. The first-order valence-corrected chi connectivity index (χ1v) is 6.41. The summed E-state index contributed by atoms with van der Waals surface area (Å²) in [5.41, 5.74) is 0. The van der Waals surface area contributed by atoms with Crippen molar-refractivity contribution in [3.8, 4) is 0 Å². The van der Waals surface area contributed by atoms with E-state index >= 15 is 0 Å². The number of hydrogen-bond donors (Lipinski definition) is 1. The standard InChI is InChI=1S/C12H26N2O/c1-3-9-14(12-5-6-12)10-7-13-8-11-15-4-2/h12-13H,3-11H2,1-2H3. The smallest absolute Gasteiger partial charge is 0.0590 e. The lowest BCUT2D eigenvalue weighted by molar-refractivity contribution is 0.148. The van der Waals surface area contributed by atoms with Gasteiger partial charge in [-0.15, -0.1) is 0 Å². The number of rotatable bonds is 10. The highest BCUT2D eigenvalue weighted by Crippen LogP contribution is 2.26. The van der Waals surface area contributed by atoms with Gasteiger partial charge in [0.1, 0.15) is 0 Å². The molecule has 0 bridgehead atoms. The van der Waals surface area contributed by atoms with Gasteiger partial charge in [0.2, 0.25) is 0 Å². The number of nitrogens with one attached hydrogen (secondary N) is 1. The average Bonchev–Trinajstić information content (AvgIpc) is 3.05. The van der Waals surface area contributed by atoms with Crippen LogP contribution >= 0.6 is 0 Å². The van der Waals surface area contributed by atoms with Gasteiger partial charge in [0.15, 0.2) is 0 Å². The van der Waals surface area contributed by atoms with Crippen molar-refractivity contribution in [3.63, 3.8) is 0 Å². The van der Waals surface area contributed by atoms with Gasteiger partial charge in [0.05, 0.1) is 6.61 Å². The molecule has 0 aliphatic heterocycles. The molecule has 0 radical (unpaired) electrons. The molecule has 15 heavy (non-hydrogen) atoms. The van der Waals surface area contributed by atoms with Crippen molar-refractivity contribution in [2.75, 3.05) is 39.4 Å². The summed E-state index contributed by atoms with van der Waals surface area (Å²) in [5, 5.41) is 3.43. The van der Waals surface area contributed by atoms with Crippen LogP contribution in [0.5, 0.6) is 0 Å². The summed E-state index contributed by atoms with van der Waals surface area (Å²) in [6, 6.07) is 0.902. The largest absolute Gasteiger partial charge is 0.380 e. The highest BCUT2D eigenvalue weighted by Gasteiger charge is 2.27. The molecule has 0 amide bonds. The number of ether oxygens (including phenoxy) is 1. The quantitative estimate of drug-likeness (QED) is 0.558. The van der Waals surface area contributed by atoms with E-state index in [1.54, 1.807) is 0 Å². The van der Waals surface area contributed by atoms with E-state index in [0.717, 1.165) is 32.3 Å². The van der Waals surface area contributed by atoms with Crippen LogP contribution in [0.1, 0.15) is 33.1 Å². The van der Waals surface area contributed by atoms with Gasteiger partial charge >= 0.3 is 0 Å². The van der Waals surface area contributed by atoms with E-state index in [0.29, 0.717) is 0 Å². The molecule has 0 aromatic heterocycles. The van der Waals surface area contributed by atoms with Crippen LogP contribution in [0.3, 0.4) is 0 Å². The summed E-state index contributed by atoms with van der Waals surface area (Å²) in [7, 11) is 0. The Labute approximate surface area is 94.2 Å². The summed E-state index contributed by atoms with van der Waals surface area (Å²) in [6.07, 6.45) is 4.10. The van der Waals surface area contributed by atoms with Crippen molar-refractivity contribution < 1.29 is 4.74 Å². The summed E-state index contributed by atoms with van der Waals surface area (Å²) in [6.45, 7) is 10.5. The zero-order valence-electron chi connectivity index (χ0n) is 10.3. The van der Waals surface area contributed by atoms with E-state index in [9.17, 15) is 0 Å². The normalized spacial score (nSPS) is 16.2. The highest BCUT2D eigenvalue weighted by molar-refractivity contribution is 4.84. The van der Waals surface area contributed by atoms with Gasteiger partial charge in [0.25, 0.3) is 0 Å². The van der Waals surface area contributed by atoms with Crippen LogP contribution in [0, 0.1) is 0 Å². The molecule has 1 saturated carbocycles. The molecule has 1 aliphatic rings. The Kier molecular flexibility index (Phi) is 6.98. The predicted molar refractivity (Wildman–Crippen MR) is 64.2 cm³/mol.